The maximum absolute atomic E-state index is 12.5. The Morgan fingerprint density at radius 2 is 1.81 bits per heavy atom. The van der Waals surface area contributed by atoms with E-state index in [0.29, 0.717) is 22.3 Å². The third-order valence-electron chi connectivity index (χ3n) is 4.55. The van der Waals surface area contributed by atoms with Gasteiger partial charge < -0.3 is 9.47 Å². The molecule has 1 N–H and O–H groups in total. The number of benzene rings is 3. The normalized spacial score (nSPS) is 11.0. The molecule has 0 saturated heterocycles. The summed E-state index contributed by atoms with van der Waals surface area (Å²) in [5.74, 6) is 1.12. The number of methoxy groups -OCH3 is 1. The highest BCUT2D eigenvalue weighted by Gasteiger charge is 2.17. The standard InChI is InChI=1S/C24H19ClN2O3S/c1-29-19-11-12-20-21(13-19)31-23(22(20)25)24(28)27-26-14-16-7-9-18(10-8-16)30-15-17-5-3-2-4-6-17/h2-14H,15H2,1H3,(H,27,28). The van der Waals surface area contributed by atoms with Crippen molar-refractivity contribution >= 4 is 45.1 Å². The van der Waals surface area contributed by atoms with Crippen LogP contribution in [0.1, 0.15) is 20.8 Å². The number of fused-ring (bicyclic) bond motifs is 1. The van der Waals surface area contributed by atoms with Crippen LogP contribution in [0.5, 0.6) is 11.5 Å². The summed E-state index contributed by atoms with van der Waals surface area (Å²) in [6.07, 6.45) is 1.57. The van der Waals surface area contributed by atoms with Crippen molar-refractivity contribution in [2.45, 2.75) is 6.61 Å². The molecule has 0 aliphatic carbocycles. The summed E-state index contributed by atoms with van der Waals surface area (Å²) in [6, 6.07) is 22.9. The highest BCUT2D eigenvalue weighted by molar-refractivity contribution is 7.21. The van der Waals surface area contributed by atoms with Crippen LogP contribution in [0.15, 0.2) is 77.9 Å². The van der Waals surface area contributed by atoms with Crippen LogP contribution in [0, 0.1) is 0 Å². The fourth-order valence-corrected chi connectivity index (χ4v) is 4.36. The van der Waals surface area contributed by atoms with Crippen LogP contribution in [-0.2, 0) is 6.61 Å². The second kappa shape index (κ2) is 9.64. The molecule has 156 valence electrons. The largest absolute Gasteiger partial charge is 0.497 e. The Morgan fingerprint density at radius 3 is 2.55 bits per heavy atom. The molecule has 0 fully saturated rings. The Balaban J connectivity index is 1.36. The highest BCUT2D eigenvalue weighted by Crippen LogP contribution is 2.37. The van der Waals surface area contributed by atoms with Gasteiger partial charge in [0.15, 0.2) is 0 Å². The van der Waals surface area contributed by atoms with Gasteiger partial charge in [0.25, 0.3) is 5.91 Å². The Labute approximate surface area is 188 Å². The summed E-state index contributed by atoms with van der Waals surface area (Å²) >= 11 is 7.68. The third kappa shape index (κ3) is 5.05. The summed E-state index contributed by atoms with van der Waals surface area (Å²) in [5.41, 5.74) is 4.47. The predicted molar refractivity (Wildman–Crippen MR) is 126 cm³/mol. The number of hydrogen-bond donors (Lipinski definition) is 1. The van der Waals surface area contributed by atoms with Crippen molar-refractivity contribution in [2.24, 2.45) is 5.10 Å². The van der Waals surface area contributed by atoms with Crippen LogP contribution in [0.25, 0.3) is 10.1 Å². The van der Waals surface area contributed by atoms with Gasteiger partial charge in [-0.1, -0.05) is 41.9 Å². The number of hydrogen-bond acceptors (Lipinski definition) is 5. The second-order valence-corrected chi connectivity index (χ2v) is 8.08. The third-order valence-corrected chi connectivity index (χ3v) is 6.21. The van der Waals surface area contributed by atoms with E-state index >= 15 is 0 Å². The number of carbonyl (C=O) groups is 1. The lowest BCUT2D eigenvalue weighted by molar-refractivity contribution is 0.0959. The SMILES string of the molecule is COc1ccc2c(Cl)c(C(=O)NN=Cc3ccc(OCc4ccccc4)cc3)sc2c1. The maximum atomic E-state index is 12.5. The monoisotopic (exact) mass is 450 g/mol. The summed E-state index contributed by atoms with van der Waals surface area (Å²) in [5, 5.41) is 5.27. The zero-order chi connectivity index (χ0) is 21.6. The van der Waals surface area contributed by atoms with Crippen molar-refractivity contribution in [2.75, 3.05) is 7.11 Å². The van der Waals surface area contributed by atoms with E-state index in [1.54, 1.807) is 13.3 Å². The Hall–Kier alpha value is -3.35. The number of nitrogens with one attached hydrogen (secondary N) is 1. The number of thiophene rings is 1. The minimum Gasteiger partial charge on any atom is -0.497 e. The molecule has 0 saturated carbocycles. The molecule has 4 aromatic rings. The molecule has 31 heavy (non-hydrogen) atoms. The maximum Gasteiger partial charge on any atom is 0.283 e. The second-order valence-electron chi connectivity index (χ2n) is 6.65. The molecule has 0 bridgehead atoms. The molecule has 1 amide bonds. The Kier molecular flexibility index (Phi) is 6.50. The van der Waals surface area contributed by atoms with Gasteiger partial charge >= 0.3 is 0 Å². The van der Waals surface area contributed by atoms with Gasteiger partial charge in [0.2, 0.25) is 0 Å². The van der Waals surface area contributed by atoms with Gasteiger partial charge in [-0.05, 0) is 53.6 Å². The van der Waals surface area contributed by atoms with Crippen LogP contribution >= 0.6 is 22.9 Å². The minimum absolute atomic E-state index is 0.357. The number of halogens is 1. The molecular formula is C24H19ClN2O3S. The van der Waals surface area contributed by atoms with Crippen LogP contribution in [0.4, 0.5) is 0 Å². The van der Waals surface area contributed by atoms with Crippen molar-refractivity contribution in [3.05, 3.63) is 93.8 Å². The zero-order valence-corrected chi connectivity index (χ0v) is 18.2. The lowest BCUT2D eigenvalue weighted by atomic mass is 10.2. The molecule has 0 radical (unpaired) electrons. The van der Waals surface area contributed by atoms with Crippen LogP contribution in [0.3, 0.4) is 0 Å². The van der Waals surface area contributed by atoms with Gasteiger partial charge in [-0.2, -0.15) is 5.10 Å². The number of nitrogens with zero attached hydrogens (tertiary/aromatic N) is 1. The molecule has 0 aliphatic rings. The first-order valence-electron chi connectivity index (χ1n) is 9.50. The lowest BCUT2D eigenvalue weighted by Crippen LogP contribution is -2.16. The van der Waals surface area contributed by atoms with Gasteiger partial charge in [-0.25, -0.2) is 5.43 Å². The molecule has 3 aromatic carbocycles. The van der Waals surface area contributed by atoms with Crippen molar-refractivity contribution in [3.63, 3.8) is 0 Å². The molecule has 0 aliphatic heterocycles. The number of ether oxygens (including phenoxy) is 2. The van der Waals surface area contributed by atoms with Crippen LogP contribution < -0.4 is 14.9 Å². The van der Waals surface area contributed by atoms with Gasteiger partial charge in [0.05, 0.1) is 18.3 Å². The number of carbonyl (C=O) groups excluding carboxylic acids is 1. The topological polar surface area (TPSA) is 59.9 Å². The van der Waals surface area contributed by atoms with Crippen molar-refractivity contribution in [3.8, 4) is 11.5 Å². The van der Waals surface area contributed by atoms with Gasteiger partial charge in [0.1, 0.15) is 23.0 Å². The van der Waals surface area contributed by atoms with E-state index in [4.69, 9.17) is 21.1 Å². The van der Waals surface area contributed by atoms with Crippen LogP contribution in [0.2, 0.25) is 5.02 Å². The molecule has 5 nitrogen and oxygen atoms in total. The molecule has 1 aromatic heterocycles. The fraction of sp³-hybridized carbons (Fsp3) is 0.0833. The molecule has 1 heterocycles. The summed E-state index contributed by atoms with van der Waals surface area (Å²) in [7, 11) is 1.60. The van der Waals surface area contributed by atoms with E-state index in [1.165, 1.54) is 11.3 Å². The van der Waals surface area contributed by atoms with Crippen molar-refractivity contribution in [1.82, 2.24) is 5.43 Å². The van der Waals surface area contributed by atoms with Crippen molar-refractivity contribution in [1.29, 1.82) is 0 Å². The summed E-state index contributed by atoms with van der Waals surface area (Å²) in [4.78, 5) is 12.9. The summed E-state index contributed by atoms with van der Waals surface area (Å²) < 4.78 is 11.9. The van der Waals surface area contributed by atoms with E-state index < -0.39 is 0 Å². The molecule has 0 unspecified atom stereocenters. The van der Waals surface area contributed by atoms with Crippen molar-refractivity contribution < 1.29 is 14.3 Å². The van der Waals surface area contributed by atoms with Gasteiger partial charge in [-0.15, -0.1) is 11.3 Å². The number of hydrazone groups is 1. The minimum atomic E-state index is -0.357. The van der Waals surface area contributed by atoms with E-state index in [0.717, 1.165) is 27.0 Å². The zero-order valence-electron chi connectivity index (χ0n) is 16.7. The Bertz CT molecular complexity index is 1220. The molecule has 4 rings (SSSR count). The average molecular weight is 451 g/mol. The average Bonchev–Trinajstić information content (AvgIpc) is 3.15. The van der Waals surface area contributed by atoms with E-state index in [9.17, 15) is 4.79 Å². The smallest absolute Gasteiger partial charge is 0.283 e. The van der Waals surface area contributed by atoms with E-state index in [2.05, 4.69) is 10.5 Å². The fourth-order valence-electron chi connectivity index (χ4n) is 2.93. The quantitative estimate of drug-likeness (QED) is 0.281. The Morgan fingerprint density at radius 1 is 1.06 bits per heavy atom. The van der Waals surface area contributed by atoms with Gasteiger partial charge in [-0.3, -0.25) is 4.79 Å². The molecule has 7 heteroatoms. The molecule has 0 spiro atoms. The molecule has 0 atom stereocenters. The van der Waals surface area contributed by atoms with Gasteiger partial charge in [0, 0.05) is 10.1 Å². The summed E-state index contributed by atoms with van der Waals surface area (Å²) in [6.45, 7) is 0.506. The first-order chi connectivity index (χ1) is 15.1. The van der Waals surface area contributed by atoms with Crippen LogP contribution in [-0.4, -0.2) is 19.2 Å². The van der Waals surface area contributed by atoms with E-state index in [1.807, 2.05) is 72.8 Å². The number of amides is 1. The first kappa shape index (κ1) is 20.9. The van der Waals surface area contributed by atoms with E-state index in [-0.39, 0.29) is 5.91 Å². The predicted octanol–water partition coefficient (Wildman–Crippen LogP) is 5.91. The highest BCUT2D eigenvalue weighted by atomic mass is 35.5. The lowest BCUT2D eigenvalue weighted by Gasteiger charge is -2.06. The first-order valence-corrected chi connectivity index (χ1v) is 10.7. The number of rotatable bonds is 7. The molecular weight excluding hydrogens is 432 g/mol.